The average Bonchev–Trinajstić information content (AvgIpc) is 2.55. The van der Waals surface area contributed by atoms with Crippen LogP contribution in [0.5, 0.6) is 0 Å². The maximum atomic E-state index is 11.9. The molecule has 1 aliphatic carbocycles. The van der Waals surface area contributed by atoms with Gasteiger partial charge in [0.05, 0.1) is 0 Å². The van der Waals surface area contributed by atoms with Crippen LogP contribution < -0.4 is 0 Å². The second kappa shape index (κ2) is 6.08. The van der Waals surface area contributed by atoms with Gasteiger partial charge in [-0.15, -0.1) is 0 Å². The molecule has 0 aliphatic heterocycles. The summed E-state index contributed by atoms with van der Waals surface area (Å²) in [5.41, 5.74) is 1.19. The molecule has 0 saturated heterocycles. The number of ketones is 1. The monoisotopic (exact) mass is 254 g/mol. The summed E-state index contributed by atoms with van der Waals surface area (Å²) in [5.74, 6) is 2.11. The van der Waals surface area contributed by atoms with E-state index in [0.29, 0.717) is 18.1 Å². The Bertz CT molecular complexity index is 293. The molecule has 1 nitrogen and oxygen atoms in total. The standard InChI is InChI=1S/C15H26OS/c1-6-8-9-17-15(4,5)13-10-14(16)12(7-2)11(13)3/h12-13H,3,6-10H2,1-2,4-5H3. The van der Waals surface area contributed by atoms with Gasteiger partial charge in [-0.1, -0.05) is 46.3 Å². The number of allylic oxidation sites excluding steroid dienone is 1. The molecule has 17 heavy (non-hydrogen) atoms. The van der Waals surface area contributed by atoms with Crippen molar-refractivity contribution in [3.05, 3.63) is 12.2 Å². The SMILES string of the molecule is C=C1C(CC)C(=O)CC1C(C)(C)SCCCC. The van der Waals surface area contributed by atoms with Crippen LogP contribution >= 0.6 is 11.8 Å². The number of carbonyl (C=O) groups excluding carboxylic acids is 1. The van der Waals surface area contributed by atoms with Crippen molar-refractivity contribution in [3.8, 4) is 0 Å². The quantitative estimate of drug-likeness (QED) is 0.514. The van der Waals surface area contributed by atoms with Crippen LogP contribution in [0.1, 0.15) is 53.4 Å². The summed E-state index contributed by atoms with van der Waals surface area (Å²) in [5, 5.41) is 0. The maximum Gasteiger partial charge on any atom is 0.140 e. The van der Waals surface area contributed by atoms with E-state index in [9.17, 15) is 4.79 Å². The van der Waals surface area contributed by atoms with E-state index in [-0.39, 0.29) is 10.7 Å². The van der Waals surface area contributed by atoms with E-state index >= 15 is 0 Å². The first-order valence-corrected chi connectivity index (χ1v) is 7.78. The van der Waals surface area contributed by atoms with Gasteiger partial charge in [0.25, 0.3) is 0 Å². The topological polar surface area (TPSA) is 17.1 Å². The van der Waals surface area contributed by atoms with Crippen LogP contribution in [0.15, 0.2) is 12.2 Å². The Morgan fingerprint density at radius 2 is 2.06 bits per heavy atom. The summed E-state index contributed by atoms with van der Waals surface area (Å²) in [4.78, 5) is 11.9. The summed E-state index contributed by atoms with van der Waals surface area (Å²) in [7, 11) is 0. The number of hydrogen-bond acceptors (Lipinski definition) is 2. The lowest BCUT2D eigenvalue weighted by Gasteiger charge is -2.32. The Labute approximate surface area is 110 Å². The summed E-state index contributed by atoms with van der Waals surface area (Å²) in [6, 6.07) is 0. The van der Waals surface area contributed by atoms with Crippen molar-refractivity contribution in [3.63, 3.8) is 0 Å². The average molecular weight is 254 g/mol. The van der Waals surface area contributed by atoms with Gasteiger partial charge in [0, 0.05) is 23.0 Å². The number of rotatable bonds is 6. The Morgan fingerprint density at radius 3 is 2.53 bits per heavy atom. The minimum atomic E-state index is 0.131. The largest absolute Gasteiger partial charge is 0.299 e. The molecular weight excluding hydrogens is 228 g/mol. The van der Waals surface area contributed by atoms with Crippen LogP contribution in [0, 0.1) is 11.8 Å². The second-order valence-electron chi connectivity index (χ2n) is 5.56. The highest BCUT2D eigenvalue weighted by Crippen LogP contribution is 2.46. The van der Waals surface area contributed by atoms with Crippen molar-refractivity contribution in [2.45, 2.75) is 58.1 Å². The molecule has 2 unspecified atom stereocenters. The molecular formula is C15H26OS. The molecule has 0 heterocycles. The van der Waals surface area contributed by atoms with E-state index in [1.165, 1.54) is 24.2 Å². The molecule has 0 aromatic carbocycles. The fourth-order valence-corrected chi connectivity index (χ4v) is 4.08. The zero-order valence-corrected chi connectivity index (χ0v) is 12.5. The van der Waals surface area contributed by atoms with Crippen LogP contribution in [0.2, 0.25) is 0 Å². The molecule has 1 saturated carbocycles. The first-order chi connectivity index (χ1) is 7.94. The molecule has 0 aromatic rings. The number of unbranched alkanes of at least 4 members (excludes halogenated alkanes) is 1. The van der Waals surface area contributed by atoms with Gasteiger partial charge < -0.3 is 0 Å². The Hall–Kier alpha value is -0.240. The van der Waals surface area contributed by atoms with Gasteiger partial charge in [-0.3, -0.25) is 4.79 Å². The predicted molar refractivity (Wildman–Crippen MR) is 77.5 cm³/mol. The zero-order valence-electron chi connectivity index (χ0n) is 11.7. The lowest BCUT2D eigenvalue weighted by atomic mass is 9.88. The van der Waals surface area contributed by atoms with Crippen LogP contribution in [0.3, 0.4) is 0 Å². The van der Waals surface area contributed by atoms with Crippen molar-refractivity contribution in [2.24, 2.45) is 11.8 Å². The van der Waals surface area contributed by atoms with Gasteiger partial charge in [0.15, 0.2) is 0 Å². The molecule has 0 spiro atoms. The number of thioether (sulfide) groups is 1. The minimum Gasteiger partial charge on any atom is -0.299 e. The highest BCUT2D eigenvalue weighted by atomic mass is 32.2. The normalized spacial score (nSPS) is 25.6. The number of hydrogen-bond donors (Lipinski definition) is 0. The van der Waals surface area contributed by atoms with Gasteiger partial charge in [-0.25, -0.2) is 0 Å². The lowest BCUT2D eigenvalue weighted by Crippen LogP contribution is -2.27. The molecule has 0 N–H and O–H groups in total. The molecule has 1 fully saturated rings. The highest BCUT2D eigenvalue weighted by Gasteiger charge is 2.43. The van der Waals surface area contributed by atoms with Gasteiger partial charge >= 0.3 is 0 Å². The molecule has 98 valence electrons. The molecule has 0 radical (unpaired) electrons. The van der Waals surface area contributed by atoms with Gasteiger partial charge in [-0.2, -0.15) is 11.8 Å². The third-order valence-electron chi connectivity index (χ3n) is 3.91. The Morgan fingerprint density at radius 1 is 1.41 bits per heavy atom. The van der Waals surface area contributed by atoms with E-state index < -0.39 is 0 Å². The van der Waals surface area contributed by atoms with Gasteiger partial charge in [0.1, 0.15) is 5.78 Å². The molecule has 0 aromatic heterocycles. The third kappa shape index (κ3) is 3.37. The molecule has 1 rings (SSSR count). The van der Waals surface area contributed by atoms with E-state index in [0.717, 1.165) is 6.42 Å². The fraction of sp³-hybridized carbons (Fsp3) is 0.800. The van der Waals surface area contributed by atoms with Crippen molar-refractivity contribution in [2.75, 3.05) is 5.75 Å². The minimum absolute atomic E-state index is 0.131. The van der Waals surface area contributed by atoms with E-state index in [1.54, 1.807) is 0 Å². The predicted octanol–water partition coefficient (Wildman–Crippen LogP) is 4.47. The van der Waals surface area contributed by atoms with E-state index in [1.807, 2.05) is 11.8 Å². The first kappa shape index (κ1) is 14.8. The highest BCUT2D eigenvalue weighted by molar-refractivity contribution is 8.00. The zero-order chi connectivity index (χ0) is 13.1. The van der Waals surface area contributed by atoms with Crippen molar-refractivity contribution >= 4 is 17.5 Å². The van der Waals surface area contributed by atoms with E-state index in [2.05, 4.69) is 34.3 Å². The molecule has 0 bridgehead atoms. The number of carbonyl (C=O) groups is 1. The van der Waals surface area contributed by atoms with Crippen molar-refractivity contribution in [1.82, 2.24) is 0 Å². The molecule has 0 amide bonds. The summed E-state index contributed by atoms with van der Waals surface area (Å²) >= 11 is 2.01. The van der Waals surface area contributed by atoms with Crippen molar-refractivity contribution in [1.29, 1.82) is 0 Å². The molecule has 2 heteroatoms. The fourth-order valence-electron chi connectivity index (χ4n) is 2.69. The smallest absolute Gasteiger partial charge is 0.140 e. The first-order valence-electron chi connectivity index (χ1n) is 6.79. The van der Waals surface area contributed by atoms with Crippen LogP contribution in [-0.4, -0.2) is 16.3 Å². The summed E-state index contributed by atoms with van der Waals surface area (Å²) in [6.45, 7) is 13.1. The van der Waals surface area contributed by atoms with Crippen LogP contribution in [-0.2, 0) is 4.79 Å². The third-order valence-corrected chi connectivity index (χ3v) is 5.43. The van der Waals surface area contributed by atoms with Gasteiger partial charge in [0.2, 0.25) is 0 Å². The van der Waals surface area contributed by atoms with Gasteiger partial charge in [-0.05, 0) is 18.6 Å². The van der Waals surface area contributed by atoms with E-state index in [4.69, 9.17) is 0 Å². The summed E-state index contributed by atoms with van der Waals surface area (Å²) in [6.07, 6.45) is 4.14. The molecule has 1 aliphatic rings. The molecule has 2 atom stereocenters. The Balaban J connectivity index is 2.66. The lowest BCUT2D eigenvalue weighted by molar-refractivity contribution is -0.120. The second-order valence-corrected chi connectivity index (χ2v) is 7.31. The number of Topliss-reactive ketones (excluding diaryl/α,β-unsaturated/α-hetero) is 1. The maximum absolute atomic E-state index is 11.9. The van der Waals surface area contributed by atoms with Crippen LogP contribution in [0.4, 0.5) is 0 Å². The summed E-state index contributed by atoms with van der Waals surface area (Å²) < 4.78 is 0.159. The Kier molecular flexibility index (Phi) is 5.30. The van der Waals surface area contributed by atoms with Crippen molar-refractivity contribution < 1.29 is 4.79 Å². The van der Waals surface area contributed by atoms with Crippen LogP contribution in [0.25, 0.3) is 0 Å².